The second-order valence-electron chi connectivity index (χ2n) is 10.1. The first-order valence-electron chi connectivity index (χ1n) is 16.2. The van der Waals surface area contributed by atoms with Crippen molar-refractivity contribution in [2.45, 2.75) is 19.4 Å². The third kappa shape index (κ3) is 23.6. The van der Waals surface area contributed by atoms with E-state index in [0.29, 0.717) is 79.3 Å². The Morgan fingerprint density at radius 1 is 0.520 bits per heavy atom. The molecule has 1 rings (SSSR count). The van der Waals surface area contributed by atoms with E-state index in [1.807, 2.05) is 0 Å². The Labute approximate surface area is 292 Å². The lowest BCUT2D eigenvalue weighted by Gasteiger charge is -2.12. The summed E-state index contributed by atoms with van der Waals surface area (Å²) in [6.45, 7) is 5.52. The molecule has 1 aromatic rings. The summed E-state index contributed by atoms with van der Waals surface area (Å²) >= 11 is 0. The van der Waals surface area contributed by atoms with Crippen molar-refractivity contribution in [1.29, 1.82) is 0 Å². The average Bonchev–Trinajstić information content (AvgIpc) is 3.10. The van der Waals surface area contributed by atoms with Gasteiger partial charge in [-0.05, 0) is 0 Å². The van der Waals surface area contributed by atoms with Crippen LogP contribution in [0.4, 0.5) is 11.6 Å². The molecule has 0 unspecified atom stereocenters. The summed E-state index contributed by atoms with van der Waals surface area (Å²) in [7, 11) is 3.20. The molecule has 0 bridgehead atoms. The van der Waals surface area contributed by atoms with E-state index in [9.17, 15) is 19.2 Å². The van der Waals surface area contributed by atoms with Gasteiger partial charge in [0, 0.05) is 40.2 Å². The SMILES string of the molecule is COCCOCCOCCOCCC(=O)NCCNC(=O)c1nc(N)c(CNC(=O)CNC(=O)CCOCCOCCOCCOC)nc1N. The number of carbonyl (C=O) groups is 4. The van der Waals surface area contributed by atoms with Gasteiger partial charge in [-0.1, -0.05) is 0 Å². The minimum atomic E-state index is -0.637. The molecule has 0 fully saturated rings. The third-order valence-corrected chi connectivity index (χ3v) is 6.17. The van der Waals surface area contributed by atoms with Gasteiger partial charge in [0.15, 0.2) is 11.5 Å². The van der Waals surface area contributed by atoms with Crippen LogP contribution in [0.1, 0.15) is 29.0 Å². The van der Waals surface area contributed by atoms with Gasteiger partial charge < -0.3 is 70.6 Å². The predicted molar refractivity (Wildman–Crippen MR) is 179 cm³/mol. The lowest BCUT2D eigenvalue weighted by atomic mass is 10.3. The van der Waals surface area contributed by atoms with Crippen LogP contribution in [-0.2, 0) is 58.8 Å². The number of methoxy groups -OCH3 is 2. The van der Waals surface area contributed by atoms with Gasteiger partial charge in [-0.3, -0.25) is 19.2 Å². The largest absolute Gasteiger partial charge is 0.382 e. The molecule has 0 aromatic carbocycles. The molecule has 286 valence electrons. The van der Waals surface area contributed by atoms with Gasteiger partial charge in [-0.2, -0.15) is 0 Å². The van der Waals surface area contributed by atoms with Crippen molar-refractivity contribution >= 4 is 35.3 Å². The molecule has 0 aliphatic carbocycles. The van der Waals surface area contributed by atoms with E-state index in [1.54, 1.807) is 14.2 Å². The highest BCUT2D eigenvalue weighted by Gasteiger charge is 2.17. The van der Waals surface area contributed by atoms with Crippen LogP contribution in [0.5, 0.6) is 0 Å². The van der Waals surface area contributed by atoms with E-state index in [1.165, 1.54) is 0 Å². The first kappa shape index (κ1) is 44.3. The number of carbonyl (C=O) groups excluding carboxylic acids is 4. The van der Waals surface area contributed by atoms with Crippen LogP contribution < -0.4 is 32.7 Å². The minimum absolute atomic E-state index is 0.0669. The Bertz CT molecular complexity index is 1100. The molecular formula is C30H54N8O12. The summed E-state index contributed by atoms with van der Waals surface area (Å²) in [4.78, 5) is 56.7. The van der Waals surface area contributed by atoms with Crippen LogP contribution in [0, 0.1) is 0 Å². The van der Waals surface area contributed by atoms with Crippen molar-refractivity contribution in [3.8, 4) is 0 Å². The zero-order chi connectivity index (χ0) is 36.7. The summed E-state index contributed by atoms with van der Waals surface area (Å²) in [5, 5.41) is 10.3. The highest BCUT2D eigenvalue weighted by molar-refractivity contribution is 5.96. The number of ether oxygens (including phenoxy) is 8. The van der Waals surface area contributed by atoms with E-state index in [-0.39, 0.29) is 87.1 Å². The lowest BCUT2D eigenvalue weighted by molar-refractivity contribution is -0.126. The van der Waals surface area contributed by atoms with E-state index < -0.39 is 11.8 Å². The standard InChI is InChI=1S/C30H54N8O12/c1-43-9-11-47-17-19-49-15-13-45-7-3-24(39)33-5-6-34-30(42)27-29(32)37-23(28(31)38-27)21-35-26(41)22-36-25(40)4-8-46-14-16-50-20-18-48-12-10-44-2/h3-22H2,1-2H3,(H2,31,38)(H2,32,37)(H,33,39)(H,34,42)(H,35,41)(H,36,40). The molecule has 4 amide bonds. The van der Waals surface area contributed by atoms with E-state index >= 15 is 0 Å². The Morgan fingerprint density at radius 3 is 1.46 bits per heavy atom. The van der Waals surface area contributed by atoms with Crippen LogP contribution in [0.3, 0.4) is 0 Å². The molecule has 0 radical (unpaired) electrons. The first-order chi connectivity index (χ1) is 24.3. The molecule has 0 spiro atoms. The van der Waals surface area contributed by atoms with E-state index in [2.05, 4.69) is 31.2 Å². The summed E-state index contributed by atoms with van der Waals surface area (Å²) in [6, 6.07) is 0. The number of hydrogen-bond acceptors (Lipinski definition) is 16. The molecule has 1 aromatic heterocycles. The molecule has 0 saturated heterocycles. The smallest absolute Gasteiger partial charge is 0.273 e. The Hall–Kier alpha value is -3.76. The van der Waals surface area contributed by atoms with Crippen LogP contribution in [0.15, 0.2) is 0 Å². The Morgan fingerprint density at radius 2 is 0.960 bits per heavy atom. The number of anilines is 2. The molecule has 0 aliphatic heterocycles. The number of rotatable bonds is 32. The summed E-state index contributed by atoms with van der Waals surface area (Å²) < 4.78 is 41.7. The monoisotopic (exact) mass is 718 g/mol. The maximum Gasteiger partial charge on any atom is 0.273 e. The number of nitrogen functional groups attached to an aromatic ring is 2. The zero-order valence-corrected chi connectivity index (χ0v) is 29.1. The molecule has 0 aliphatic rings. The summed E-state index contributed by atoms with van der Waals surface area (Å²) in [5.74, 6) is -2.05. The van der Waals surface area contributed by atoms with Crippen molar-refractivity contribution in [3.63, 3.8) is 0 Å². The maximum atomic E-state index is 12.5. The van der Waals surface area contributed by atoms with Gasteiger partial charge in [0.1, 0.15) is 11.5 Å². The van der Waals surface area contributed by atoms with Gasteiger partial charge >= 0.3 is 0 Å². The third-order valence-electron chi connectivity index (χ3n) is 6.17. The second-order valence-corrected chi connectivity index (χ2v) is 10.1. The quantitative estimate of drug-likeness (QED) is 0.0417. The van der Waals surface area contributed by atoms with Gasteiger partial charge in [0.25, 0.3) is 5.91 Å². The highest BCUT2D eigenvalue weighted by atomic mass is 16.6. The highest BCUT2D eigenvalue weighted by Crippen LogP contribution is 2.13. The molecule has 0 atom stereocenters. The summed E-state index contributed by atoms with van der Waals surface area (Å²) in [6.07, 6.45) is 0.212. The molecule has 20 heteroatoms. The molecule has 0 saturated carbocycles. The maximum absolute atomic E-state index is 12.5. The normalized spacial score (nSPS) is 10.9. The van der Waals surface area contributed by atoms with Crippen LogP contribution in [-0.4, -0.2) is 160 Å². The number of nitrogens with one attached hydrogen (secondary N) is 4. The molecular weight excluding hydrogens is 664 g/mol. The fourth-order valence-corrected chi connectivity index (χ4v) is 3.56. The van der Waals surface area contributed by atoms with Crippen molar-refractivity contribution in [2.75, 3.05) is 138 Å². The molecule has 50 heavy (non-hydrogen) atoms. The number of aromatic nitrogens is 2. The van der Waals surface area contributed by atoms with Crippen LogP contribution in [0.25, 0.3) is 0 Å². The van der Waals surface area contributed by atoms with Crippen molar-refractivity contribution in [1.82, 2.24) is 31.2 Å². The summed E-state index contributed by atoms with van der Waals surface area (Å²) in [5.41, 5.74) is 11.8. The Kier molecular flexibility index (Phi) is 26.6. The molecule has 20 nitrogen and oxygen atoms in total. The number of nitrogens with two attached hydrogens (primary N) is 2. The predicted octanol–water partition coefficient (Wildman–Crippen LogP) is -2.61. The molecule has 1 heterocycles. The van der Waals surface area contributed by atoms with Gasteiger partial charge in [-0.15, -0.1) is 0 Å². The van der Waals surface area contributed by atoms with Crippen LogP contribution in [0.2, 0.25) is 0 Å². The minimum Gasteiger partial charge on any atom is -0.382 e. The lowest BCUT2D eigenvalue weighted by Crippen LogP contribution is -2.37. The molecule has 8 N–H and O–H groups in total. The Balaban J connectivity index is 2.16. The fourth-order valence-electron chi connectivity index (χ4n) is 3.56. The van der Waals surface area contributed by atoms with E-state index in [0.717, 1.165) is 0 Å². The van der Waals surface area contributed by atoms with Gasteiger partial charge in [-0.25, -0.2) is 9.97 Å². The average molecular weight is 719 g/mol. The van der Waals surface area contributed by atoms with Crippen molar-refractivity contribution in [3.05, 3.63) is 11.4 Å². The zero-order valence-electron chi connectivity index (χ0n) is 29.1. The van der Waals surface area contributed by atoms with Gasteiger partial charge in [0.2, 0.25) is 17.7 Å². The second kappa shape index (κ2) is 30.1. The number of hydrogen-bond donors (Lipinski definition) is 6. The number of amides is 4. The number of nitrogens with zero attached hydrogens (tertiary/aromatic N) is 2. The van der Waals surface area contributed by atoms with Gasteiger partial charge in [0.05, 0.1) is 106 Å². The first-order valence-corrected chi connectivity index (χ1v) is 16.2. The van der Waals surface area contributed by atoms with E-state index in [4.69, 9.17) is 49.4 Å². The van der Waals surface area contributed by atoms with Crippen molar-refractivity contribution in [2.24, 2.45) is 0 Å². The van der Waals surface area contributed by atoms with Crippen molar-refractivity contribution < 1.29 is 57.1 Å². The van der Waals surface area contributed by atoms with Crippen LogP contribution >= 0.6 is 0 Å². The topological polar surface area (TPSA) is 268 Å². The fraction of sp³-hybridized carbons (Fsp3) is 0.733.